The normalized spacial score (nSPS) is 12.5. The number of benzene rings is 2. The molecule has 2 rings (SSSR count). The summed E-state index contributed by atoms with van der Waals surface area (Å²) in [7, 11) is -3.62. The van der Waals surface area contributed by atoms with Crippen molar-refractivity contribution in [1.82, 2.24) is 0 Å². The quantitative estimate of drug-likeness (QED) is 0.763. The van der Waals surface area contributed by atoms with Crippen LogP contribution >= 0.6 is 15.9 Å². The van der Waals surface area contributed by atoms with Crippen LogP contribution in [0, 0.1) is 6.92 Å². The van der Waals surface area contributed by atoms with Crippen LogP contribution in [0.4, 0.5) is 11.4 Å². The molecule has 0 saturated heterocycles. The van der Waals surface area contributed by atoms with Gasteiger partial charge in [-0.1, -0.05) is 46.6 Å². The molecule has 0 unspecified atom stereocenters. The van der Waals surface area contributed by atoms with Crippen LogP contribution in [0.3, 0.4) is 0 Å². The number of halogens is 1. The maximum Gasteiger partial charge on any atom is 0.248 e. The van der Waals surface area contributed by atoms with Gasteiger partial charge in [0, 0.05) is 10.2 Å². The van der Waals surface area contributed by atoms with Crippen LogP contribution in [-0.2, 0) is 14.8 Å². The largest absolute Gasteiger partial charge is 0.324 e. The Labute approximate surface area is 157 Å². The van der Waals surface area contributed by atoms with E-state index in [-0.39, 0.29) is 5.91 Å². The second-order valence-corrected chi connectivity index (χ2v) is 8.59. The summed E-state index contributed by atoms with van der Waals surface area (Å²) in [6.07, 6.45) is 1.46. The summed E-state index contributed by atoms with van der Waals surface area (Å²) in [6, 6.07) is 13.4. The second kappa shape index (κ2) is 8.01. The molecule has 0 spiro atoms. The highest BCUT2D eigenvalue weighted by Crippen LogP contribution is 2.24. The van der Waals surface area contributed by atoms with Crippen molar-refractivity contribution in [2.24, 2.45) is 0 Å². The SMILES string of the molecule is CC[C@H](C(=O)Nc1cccc(Br)c1)N(c1ccc(C)cc1)S(C)(=O)=O. The van der Waals surface area contributed by atoms with Gasteiger partial charge >= 0.3 is 0 Å². The number of anilines is 2. The Balaban J connectivity index is 2.36. The Hall–Kier alpha value is -1.86. The lowest BCUT2D eigenvalue weighted by Gasteiger charge is -2.30. The molecule has 0 aliphatic rings. The minimum atomic E-state index is -3.62. The number of hydrogen-bond donors (Lipinski definition) is 1. The van der Waals surface area contributed by atoms with E-state index in [1.165, 1.54) is 4.31 Å². The topological polar surface area (TPSA) is 66.5 Å². The summed E-state index contributed by atoms with van der Waals surface area (Å²) in [4.78, 5) is 12.8. The second-order valence-electron chi connectivity index (χ2n) is 5.82. The number of aryl methyl sites for hydroxylation is 1. The average Bonchev–Trinajstić information content (AvgIpc) is 2.52. The number of amides is 1. The highest BCUT2D eigenvalue weighted by Gasteiger charge is 2.31. The Kier molecular flexibility index (Phi) is 6.24. The molecule has 0 radical (unpaired) electrons. The Bertz CT molecular complexity index is 851. The molecule has 0 aliphatic carbocycles. The first kappa shape index (κ1) is 19.5. The standard InChI is InChI=1S/C18H21BrN2O3S/c1-4-17(18(22)20-15-7-5-6-14(19)12-15)21(25(3,23)24)16-10-8-13(2)9-11-16/h5-12,17H,4H2,1-3H3,(H,20,22)/t17-/m1/s1. The molecular weight excluding hydrogens is 404 g/mol. The monoisotopic (exact) mass is 424 g/mol. The van der Waals surface area contributed by atoms with E-state index in [9.17, 15) is 13.2 Å². The van der Waals surface area contributed by atoms with E-state index >= 15 is 0 Å². The predicted molar refractivity (Wildman–Crippen MR) is 105 cm³/mol. The van der Waals surface area contributed by atoms with E-state index in [2.05, 4.69) is 21.2 Å². The molecule has 1 amide bonds. The molecule has 1 atom stereocenters. The van der Waals surface area contributed by atoms with Crippen molar-refractivity contribution < 1.29 is 13.2 Å². The Morgan fingerprint density at radius 3 is 2.36 bits per heavy atom. The van der Waals surface area contributed by atoms with Crippen molar-refractivity contribution in [3.05, 3.63) is 58.6 Å². The number of hydrogen-bond acceptors (Lipinski definition) is 3. The van der Waals surface area contributed by atoms with E-state index in [1.807, 2.05) is 25.1 Å². The Morgan fingerprint density at radius 1 is 1.20 bits per heavy atom. The third-order valence-corrected chi connectivity index (χ3v) is 5.38. The molecule has 25 heavy (non-hydrogen) atoms. The smallest absolute Gasteiger partial charge is 0.248 e. The average molecular weight is 425 g/mol. The Morgan fingerprint density at radius 2 is 1.84 bits per heavy atom. The van der Waals surface area contributed by atoms with Gasteiger partial charge in [-0.05, 0) is 43.7 Å². The molecule has 2 aromatic carbocycles. The highest BCUT2D eigenvalue weighted by molar-refractivity contribution is 9.10. The van der Waals surface area contributed by atoms with Crippen LogP contribution in [0.5, 0.6) is 0 Å². The lowest BCUT2D eigenvalue weighted by molar-refractivity contribution is -0.117. The van der Waals surface area contributed by atoms with Gasteiger partial charge in [0.1, 0.15) is 6.04 Å². The van der Waals surface area contributed by atoms with Gasteiger partial charge in [-0.2, -0.15) is 0 Å². The maximum absolute atomic E-state index is 12.8. The molecule has 0 aromatic heterocycles. The van der Waals surface area contributed by atoms with Crippen LogP contribution in [0.2, 0.25) is 0 Å². The van der Waals surface area contributed by atoms with Crippen LogP contribution in [0.1, 0.15) is 18.9 Å². The van der Waals surface area contributed by atoms with Gasteiger partial charge in [-0.25, -0.2) is 8.42 Å². The number of nitrogens with one attached hydrogen (secondary N) is 1. The molecule has 0 heterocycles. The van der Waals surface area contributed by atoms with E-state index < -0.39 is 16.1 Å². The molecule has 0 saturated carbocycles. The van der Waals surface area contributed by atoms with Crippen molar-refractivity contribution in [1.29, 1.82) is 0 Å². The number of nitrogens with zero attached hydrogens (tertiary/aromatic N) is 1. The van der Waals surface area contributed by atoms with Gasteiger partial charge in [0.05, 0.1) is 11.9 Å². The van der Waals surface area contributed by atoms with Crippen molar-refractivity contribution in [2.75, 3.05) is 15.9 Å². The summed E-state index contributed by atoms with van der Waals surface area (Å²) in [5.41, 5.74) is 2.10. The van der Waals surface area contributed by atoms with E-state index in [1.54, 1.807) is 37.3 Å². The van der Waals surface area contributed by atoms with Gasteiger partial charge in [0.25, 0.3) is 0 Å². The third-order valence-electron chi connectivity index (χ3n) is 3.71. The summed E-state index contributed by atoms with van der Waals surface area (Å²) < 4.78 is 26.7. The molecule has 0 aliphatic heterocycles. The molecule has 134 valence electrons. The molecule has 0 fully saturated rings. The van der Waals surface area contributed by atoms with Crippen LogP contribution in [0.25, 0.3) is 0 Å². The van der Waals surface area contributed by atoms with Gasteiger partial charge in [0.2, 0.25) is 15.9 Å². The van der Waals surface area contributed by atoms with Crippen LogP contribution in [-0.4, -0.2) is 26.6 Å². The summed E-state index contributed by atoms with van der Waals surface area (Å²) in [5.74, 6) is -0.369. The van der Waals surface area contributed by atoms with Crippen molar-refractivity contribution in [2.45, 2.75) is 26.3 Å². The van der Waals surface area contributed by atoms with Gasteiger partial charge in [-0.15, -0.1) is 0 Å². The number of carbonyl (C=O) groups is 1. The van der Waals surface area contributed by atoms with Crippen molar-refractivity contribution in [3.63, 3.8) is 0 Å². The van der Waals surface area contributed by atoms with Crippen molar-refractivity contribution >= 4 is 43.2 Å². The van der Waals surface area contributed by atoms with Gasteiger partial charge < -0.3 is 5.32 Å². The zero-order valence-corrected chi connectivity index (χ0v) is 16.8. The first-order chi connectivity index (χ1) is 11.7. The maximum atomic E-state index is 12.8. The third kappa shape index (κ3) is 5.06. The summed E-state index contributed by atoms with van der Waals surface area (Å²) >= 11 is 3.35. The molecule has 7 heteroatoms. The fourth-order valence-corrected chi connectivity index (χ4v) is 4.15. The minimum absolute atomic E-state index is 0.348. The van der Waals surface area contributed by atoms with Gasteiger partial charge in [-0.3, -0.25) is 9.10 Å². The molecule has 0 bridgehead atoms. The number of carbonyl (C=O) groups excluding carboxylic acids is 1. The minimum Gasteiger partial charge on any atom is -0.324 e. The highest BCUT2D eigenvalue weighted by atomic mass is 79.9. The zero-order chi connectivity index (χ0) is 18.6. The lowest BCUT2D eigenvalue weighted by Crippen LogP contribution is -2.47. The predicted octanol–water partition coefficient (Wildman–Crippen LogP) is 3.94. The lowest BCUT2D eigenvalue weighted by atomic mass is 10.1. The van der Waals surface area contributed by atoms with Crippen molar-refractivity contribution in [3.8, 4) is 0 Å². The first-order valence-corrected chi connectivity index (χ1v) is 10.5. The van der Waals surface area contributed by atoms with E-state index in [0.29, 0.717) is 17.8 Å². The molecule has 1 N–H and O–H groups in total. The van der Waals surface area contributed by atoms with E-state index in [4.69, 9.17) is 0 Å². The van der Waals surface area contributed by atoms with Crippen LogP contribution < -0.4 is 9.62 Å². The fraction of sp³-hybridized carbons (Fsp3) is 0.278. The molecule has 2 aromatic rings. The molecular formula is C18H21BrN2O3S. The summed E-state index contributed by atoms with van der Waals surface area (Å²) in [5, 5.41) is 2.79. The molecule has 5 nitrogen and oxygen atoms in total. The number of sulfonamides is 1. The fourth-order valence-electron chi connectivity index (χ4n) is 2.54. The zero-order valence-electron chi connectivity index (χ0n) is 14.4. The van der Waals surface area contributed by atoms with Crippen LogP contribution in [0.15, 0.2) is 53.0 Å². The number of rotatable bonds is 6. The van der Waals surface area contributed by atoms with E-state index in [0.717, 1.165) is 16.3 Å². The van der Waals surface area contributed by atoms with Gasteiger partial charge in [0.15, 0.2) is 0 Å². The first-order valence-electron chi connectivity index (χ1n) is 7.85. The summed E-state index contributed by atoms with van der Waals surface area (Å²) in [6.45, 7) is 3.71.